The van der Waals surface area contributed by atoms with Gasteiger partial charge in [-0.2, -0.15) is 0 Å². The van der Waals surface area contributed by atoms with Gasteiger partial charge < -0.3 is 4.74 Å². The summed E-state index contributed by atoms with van der Waals surface area (Å²) in [4.78, 5) is 12.3. The second-order valence-electron chi connectivity index (χ2n) is 5.72. The van der Waals surface area contributed by atoms with Crippen molar-refractivity contribution in [3.05, 3.63) is 76.3 Å². The summed E-state index contributed by atoms with van der Waals surface area (Å²) >= 11 is 1.38. The number of rotatable bonds is 6. The van der Waals surface area contributed by atoms with E-state index in [4.69, 9.17) is 4.74 Å². The zero-order chi connectivity index (χ0) is 18.4. The van der Waals surface area contributed by atoms with Gasteiger partial charge in [0, 0.05) is 12.0 Å². The fourth-order valence-corrected chi connectivity index (χ4v) is 3.12. The van der Waals surface area contributed by atoms with Crippen LogP contribution in [0, 0.1) is 0 Å². The summed E-state index contributed by atoms with van der Waals surface area (Å²) in [5.74, 6) is 0.639. The maximum absolute atomic E-state index is 12.3. The Balaban J connectivity index is 1.62. The van der Waals surface area contributed by atoms with E-state index in [0.717, 1.165) is 21.9 Å². The Morgan fingerprint density at radius 3 is 2.54 bits per heavy atom. The standard InChI is InChI=1S/C20H19N3O2S/c1-14(12-15-6-4-3-5-7-15)19(24)21-20-23-22-18(26-20)13-16-8-10-17(25-2)11-9-16/h3-12H,13H2,1-2H3,(H,21,23,24). The summed E-state index contributed by atoms with van der Waals surface area (Å²) in [5, 5.41) is 12.4. The monoisotopic (exact) mass is 365 g/mol. The molecular formula is C20H19N3O2S. The lowest BCUT2D eigenvalue weighted by Crippen LogP contribution is -2.12. The van der Waals surface area contributed by atoms with Crippen LogP contribution in [0.5, 0.6) is 5.75 Å². The fourth-order valence-electron chi connectivity index (χ4n) is 2.35. The highest BCUT2D eigenvalue weighted by Crippen LogP contribution is 2.21. The molecule has 0 aliphatic rings. The molecule has 2 aromatic carbocycles. The largest absolute Gasteiger partial charge is 0.497 e. The molecule has 5 nitrogen and oxygen atoms in total. The molecule has 26 heavy (non-hydrogen) atoms. The van der Waals surface area contributed by atoms with Gasteiger partial charge in [0.15, 0.2) is 0 Å². The second kappa shape index (κ2) is 8.40. The van der Waals surface area contributed by atoms with Crippen LogP contribution < -0.4 is 10.1 Å². The number of amides is 1. The number of aromatic nitrogens is 2. The SMILES string of the molecule is COc1ccc(Cc2nnc(NC(=O)C(C)=Cc3ccccc3)s2)cc1. The molecule has 1 heterocycles. The molecule has 0 aliphatic heterocycles. The lowest BCUT2D eigenvalue weighted by molar-refractivity contribution is -0.112. The van der Waals surface area contributed by atoms with Crippen LogP contribution in [-0.4, -0.2) is 23.2 Å². The molecule has 0 spiro atoms. The molecule has 1 amide bonds. The summed E-state index contributed by atoms with van der Waals surface area (Å²) in [7, 11) is 1.64. The van der Waals surface area contributed by atoms with Crippen molar-refractivity contribution < 1.29 is 9.53 Å². The summed E-state index contributed by atoms with van der Waals surface area (Å²) < 4.78 is 5.15. The third-order valence-electron chi connectivity index (χ3n) is 3.74. The van der Waals surface area contributed by atoms with Crippen LogP contribution in [0.2, 0.25) is 0 Å². The molecule has 132 valence electrons. The van der Waals surface area contributed by atoms with Gasteiger partial charge in [0.1, 0.15) is 10.8 Å². The van der Waals surface area contributed by atoms with E-state index >= 15 is 0 Å². The summed E-state index contributed by atoms with van der Waals surface area (Å²) in [6, 6.07) is 17.5. The van der Waals surface area contributed by atoms with Crippen molar-refractivity contribution in [1.82, 2.24) is 10.2 Å². The number of nitrogens with zero attached hydrogens (tertiary/aromatic N) is 2. The fraction of sp³-hybridized carbons (Fsp3) is 0.150. The van der Waals surface area contributed by atoms with Gasteiger partial charge in [0.05, 0.1) is 7.11 Å². The smallest absolute Gasteiger partial charge is 0.253 e. The normalized spacial score (nSPS) is 11.2. The van der Waals surface area contributed by atoms with Crippen molar-refractivity contribution in [2.75, 3.05) is 12.4 Å². The molecule has 0 saturated carbocycles. The van der Waals surface area contributed by atoms with Crippen LogP contribution in [0.3, 0.4) is 0 Å². The lowest BCUT2D eigenvalue weighted by Gasteiger charge is -2.02. The molecule has 6 heteroatoms. The van der Waals surface area contributed by atoms with E-state index in [1.54, 1.807) is 14.0 Å². The number of anilines is 1. The number of ether oxygens (including phenoxy) is 1. The molecule has 0 atom stereocenters. The third-order valence-corrected chi connectivity index (χ3v) is 4.58. The van der Waals surface area contributed by atoms with Crippen LogP contribution in [0.1, 0.15) is 23.1 Å². The third kappa shape index (κ3) is 4.77. The van der Waals surface area contributed by atoms with E-state index in [2.05, 4.69) is 15.5 Å². The molecule has 0 fully saturated rings. The van der Waals surface area contributed by atoms with E-state index in [9.17, 15) is 4.79 Å². The number of carbonyl (C=O) groups is 1. The molecule has 0 aliphatic carbocycles. The van der Waals surface area contributed by atoms with Gasteiger partial charge in [-0.15, -0.1) is 10.2 Å². The quantitative estimate of drug-likeness (QED) is 0.666. The van der Waals surface area contributed by atoms with Crippen molar-refractivity contribution in [2.45, 2.75) is 13.3 Å². The van der Waals surface area contributed by atoms with E-state index < -0.39 is 0 Å². The van der Waals surface area contributed by atoms with E-state index in [-0.39, 0.29) is 5.91 Å². The van der Waals surface area contributed by atoms with Crippen molar-refractivity contribution >= 4 is 28.5 Å². The first-order chi connectivity index (χ1) is 12.6. The number of hydrogen-bond donors (Lipinski definition) is 1. The molecule has 0 saturated heterocycles. The summed E-state index contributed by atoms with van der Waals surface area (Å²) in [6.45, 7) is 1.78. The van der Waals surface area contributed by atoms with E-state index in [0.29, 0.717) is 17.1 Å². The van der Waals surface area contributed by atoms with Crippen LogP contribution in [0.25, 0.3) is 6.08 Å². The first-order valence-corrected chi connectivity index (χ1v) is 8.95. The number of carbonyl (C=O) groups excluding carboxylic acids is 1. The number of methoxy groups -OCH3 is 1. The Morgan fingerprint density at radius 1 is 1.12 bits per heavy atom. The highest BCUT2D eigenvalue weighted by atomic mass is 32.1. The zero-order valence-electron chi connectivity index (χ0n) is 14.6. The highest BCUT2D eigenvalue weighted by Gasteiger charge is 2.10. The first-order valence-electron chi connectivity index (χ1n) is 8.14. The Kier molecular flexibility index (Phi) is 5.76. The summed E-state index contributed by atoms with van der Waals surface area (Å²) in [5.41, 5.74) is 2.71. The Hall–Kier alpha value is -2.99. The molecule has 0 radical (unpaired) electrons. The highest BCUT2D eigenvalue weighted by molar-refractivity contribution is 7.15. The van der Waals surface area contributed by atoms with Gasteiger partial charge in [0.2, 0.25) is 5.13 Å². The van der Waals surface area contributed by atoms with Crippen LogP contribution >= 0.6 is 11.3 Å². The second-order valence-corrected chi connectivity index (χ2v) is 6.78. The van der Waals surface area contributed by atoms with Crippen molar-refractivity contribution in [2.24, 2.45) is 0 Å². The predicted octanol–water partition coefficient (Wildman–Crippen LogP) is 4.18. The van der Waals surface area contributed by atoms with Gasteiger partial charge in [0.25, 0.3) is 5.91 Å². The lowest BCUT2D eigenvalue weighted by atomic mass is 10.1. The Morgan fingerprint density at radius 2 is 1.85 bits per heavy atom. The van der Waals surface area contributed by atoms with Gasteiger partial charge in [-0.25, -0.2) is 0 Å². The zero-order valence-corrected chi connectivity index (χ0v) is 15.4. The van der Waals surface area contributed by atoms with E-state index in [1.807, 2.05) is 60.7 Å². The average molecular weight is 365 g/mol. The number of benzene rings is 2. The molecule has 0 unspecified atom stereocenters. The molecule has 1 N–H and O–H groups in total. The molecule has 3 aromatic rings. The maximum atomic E-state index is 12.3. The first kappa shape index (κ1) is 17.8. The topological polar surface area (TPSA) is 64.1 Å². The molecular weight excluding hydrogens is 346 g/mol. The maximum Gasteiger partial charge on any atom is 0.253 e. The van der Waals surface area contributed by atoms with Crippen LogP contribution in [0.15, 0.2) is 60.2 Å². The molecule has 1 aromatic heterocycles. The van der Waals surface area contributed by atoms with Crippen LogP contribution in [-0.2, 0) is 11.2 Å². The van der Waals surface area contributed by atoms with Gasteiger partial charge in [-0.3, -0.25) is 10.1 Å². The van der Waals surface area contributed by atoms with E-state index in [1.165, 1.54) is 11.3 Å². The van der Waals surface area contributed by atoms with Crippen LogP contribution in [0.4, 0.5) is 5.13 Å². The minimum atomic E-state index is -0.180. The summed E-state index contributed by atoms with van der Waals surface area (Å²) in [6.07, 6.45) is 2.50. The minimum Gasteiger partial charge on any atom is -0.497 e. The van der Waals surface area contributed by atoms with Gasteiger partial charge in [-0.1, -0.05) is 53.8 Å². The van der Waals surface area contributed by atoms with Gasteiger partial charge >= 0.3 is 0 Å². The molecule has 0 bridgehead atoms. The van der Waals surface area contributed by atoms with Crippen molar-refractivity contribution in [3.8, 4) is 5.75 Å². The minimum absolute atomic E-state index is 0.180. The van der Waals surface area contributed by atoms with Crippen molar-refractivity contribution in [3.63, 3.8) is 0 Å². The number of hydrogen-bond acceptors (Lipinski definition) is 5. The number of nitrogens with one attached hydrogen (secondary N) is 1. The molecule has 3 rings (SSSR count). The van der Waals surface area contributed by atoms with Crippen molar-refractivity contribution in [1.29, 1.82) is 0 Å². The predicted molar refractivity (Wildman–Crippen MR) is 104 cm³/mol. The van der Waals surface area contributed by atoms with Gasteiger partial charge in [-0.05, 0) is 36.3 Å². The Bertz CT molecular complexity index is 902. The Labute approximate surface area is 156 Å². The average Bonchev–Trinajstić information content (AvgIpc) is 3.10.